The van der Waals surface area contributed by atoms with Crippen LogP contribution in [-0.4, -0.2) is 56.9 Å². The van der Waals surface area contributed by atoms with Crippen molar-refractivity contribution >= 4 is 28.0 Å². The second-order valence-electron chi connectivity index (χ2n) is 4.13. The van der Waals surface area contributed by atoms with Crippen LogP contribution in [0.1, 0.15) is 19.3 Å². The normalized spacial score (nSPS) is 12.3. The third kappa shape index (κ3) is 10.6. The van der Waals surface area contributed by atoms with E-state index in [4.69, 9.17) is 10.2 Å². The third-order valence-corrected chi connectivity index (χ3v) is 3.22. The highest BCUT2D eigenvalue weighted by Gasteiger charge is 2.21. The summed E-state index contributed by atoms with van der Waals surface area (Å²) in [5.41, 5.74) is 0. The molecule has 122 valence electrons. The van der Waals surface area contributed by atoms with E-state index >= 15 is 0 Å². The number of sulfonamides is 1. The average Bonchev–Trinajstić information content (AvgIpc) is 2.37. The maximum atomic E-state index is 11.4. The SMILES string of the molecule is COC(=O)CC[C@@H](NC(=O)NCCCS(N)(=O)=O)C(=O)O. The van der Waals surface area contributed by atoms with Crippen LogP contribution in [0.15, 0.2) is 0 Å². The van der Waals surface area contributed by atoms with Crippen molar-refractivity contribution < 1.29 is 32.6 Å². The Balaban J connectivity index is 4.12. The number of carbonyl (C=O) groups excluding carboxylic acids is 2. The quantitative estimate of drug-likeness (QED) is 0.292. The van der Waals surface area contributed by atoms with Gasteiger partial charge in [0.15, 0.2) is 0 Å². The van der Waals surface area contributed by atoms with Gasteiger partial charge < -0.3 is 20.5 Å². The number of carboxylic acid groups (broad SMARTS) is 1. The Bertz CT molecular complexity index is 477. The summed E-state index contributed by atoms with van der Waals surface area (Å²) >= 11 is 0. The molecule has 0 aliphatic carbocycles. The maximum Gasteiger partial charge on any atom is 0.326 e. The number of rotatable bonds is 9. The van der Waals surface area contributed by atoms with E-state index in [9.17, 15) is 22.8 Å². The van der Waals surface area contributed by atoms with Gasteiger partial charge in [0.2, 0.25) is 10.0 Å². The summed E-state index contributed by atoms with van der Waals surface area (Å²) in [6.07, 6.45) is -0.169. The van der Waals surface area contributed by atoms with Gasteiger partial charge in [-0.3, -0.25) is 4.79 Å². The number of esters is 1. The van der Waals surface area contributed by atoms with Crippen LogP contribution >= 0.6 is 0 Å². The molecule has 0 aliphatic heterocycles. The fraction of sp³-hybridized carbons (Fsp3) is 0.700. The van der Waals surface area contributed by atoms with Gasteiger partial charge in [0.25, 0.3) is 0 Å². The van der Waals surface area contributed by atoms with Crippen LogP contribution in [0.25, 0.3) is 0 Å². The lowest BCUT2D eigenvalue weighted by molar-refractivity contribution is -0.142. The van der Waals surface area contributed by atoms with Gasteiger partial charge in [0, 0.05) is 13.0 Å². The van der Waals surface area contributed by atoms with Crippen molar-refractivity contribution in [2.24, 2.45) is 5.14 Å². The van der Waals surface area contributed by atoms with E-state index in [0.29, 0.717) is 0 Å². The van der Waals surface area contributed by atoms with Gasteiger partial charge in [-0.1, -0.05) is 0 Å². The fourth-order valence-corrected chi connectivity index (χ4v) is 1.85. The monoisotopic (exact) mass is 325 g/mol. The summed E-state index contributed by atoms with van der Waals surface area (Å²) in [5, 5.41) is 18.1. The maximum absolute atomic E-state index is 11.4. The smallest absolute Gasteiger partial charge is 0.326 e. The number of hydrogen-bond acceptors (Lipinski definition) is 6. The van der Waals surface area contributed by atoms with Gasteiger partial charge >= 0.3 is 18.0 Å². The number of amides is 2. The van der Waals surface area contributed by atoms with Gasteiger partial charge in [0.1, 0.15) is 6.04 Å². The number of aliphatic carboxylic acids is 1. The predicted molar refractivity (Wildman–Crippen MR) is 71.8 cm³/mol. The van der Waals surface area contributed by atoms with Gasteiger partial charge in [-0.05, 0) is 12.8 Å². The number of methoxy groups -OCH3 is 1. The van der Waals surface area contributed by atoms with Crippen LogP contribution in [0.5, 0.6) is 0 Å². The molecular weight excluding hydrogens is 306 g/mol. The average molecular weight is 325 g/mol. The summed E-state index contributed by atoms with van der Waals surface area (Å²) in [7, 11) is -2.43. The molecule has 5 N–H and O–H groups in total. The molecule has 0 saturated carbocycles. The lowest BCUT2D eigenvalue weighted by Gasteiger charge is -2.14. The second-order valence-corrected chi connectivity index (χ2v) is 5.86. The zero-order valence-electron chi connectivity index (χ0n) is 11.5. The second kappa shape index (κ2) is 9.13. The summed E-state index contributed by atoms with van der Waals surface area (Å²) in [5.74, 6) is -2.17. The van der Waals surface area contributed by atoms with E-state index in [-0.39, 0.29) is 31.6 Å². The van der Waals surface area contributed by atoms with Crippen LogP contribution in [0.3, 0.4) is 0 Å². The Hall–Kier alpha value is -1.88. The largest absolute Gasteiger partial charge is 0.480 e. The molecular formula is C10H19N3O7S. The fourth-order valence-electron chi connectivity index (χ4n) is 1.31. The molecule has 0 radical (unpaired) electrons. The molecule has 11 heteroatoms. The lowest BCUT2D eigenvalue weighted by Crippen LogP contribution is -2.46. The summed E-state index contributed by atoms with van der Waals surface area (Å²) < 4.78 is 25.7. The van der Waals surface area contributed by atoms with E-state index in [2.05, 4.69) is 15.4 Å². The molecule has 0 heterocycles. The topological polar surface area (TPSA) is 165 Å². The molecule has 10 nitrogen and oxygen atoms in total. The van der Waals surface area contributed by atoms with Crippen LogP contribution in [0, 0.1) is 0 Å². The van der Waals surface area contributed by atoms with Gasteiger partial charge in [-0.15, -0.1) is 0 Å². The van der Waals surface area contributed by atoms with Crippen molar-refractivity contribution in [1.82, 2.24) is 10.6 Å². The third-order valence-electron chi connectivity index (χ3n) is 2.36. The summed E-state index contributed by atoms with van der Waals surface area (Å²) in [6, 6.07) is -2.02. The number of ether oxygens (including phenoxy) is 1. The molecule has 0 rings (SSSR count). The Morgan fingerprint density at radius 2 is 1.95 bits per heavy atom. The van der Waals surface area contributed by atoms with E-state index < -0.39 is 34.0 Å². The standard InChI is InChI=1S/C10H19N3O7S/c1-20-8(14)4-3-7(9(15)16)13-10(17)12-5-2-6-21(11,18)19/h7H,2-6H2,1H3,(H,15,16)(H2,11,18,19)(H2,12,13,17)/t7-/m1/s1. The van der Waals surface area contributed by atoms with Crippen molar-refractivity contribution in [2.45, 2.75) is 25.3 Å². The number of carbonyl (C=O) groups is 3. The van der Waals surface area contributed by atoms with Crippen LogP contribution < -0.4 is 15.8 Å². The zero-order valence-corrected chi connectivity index (χ0v) is 12.3. The minimum Gasteiger partial charge on any atom is -0.480 e. The Morgan fingerprint density at radius 1 is 1.33 bits per heavy atom. The first kappa shape index (κ1) is 19.1. The van der Waals surface area contributed by atoms with E-state index in [0.717, 1.165) is 0 Å². The van der Waals surface area contributed by atoms with Crippen molar-refractivity contribution in [3.8, 4) is 0 Å². The highest BCUT2D eigenvalue weighted by molar-refractivity contribution is 7.89. The molecule has 0 aromatic carbocycles. The number of primary sulfonamides is 1. The minimum absolute atomic E-state index is 0.0194. The molecule has 0 unspecified atom stereocenters. The Labute approximate surface area is 122 Å². The molecule has 0 saturated heterocycles. The first-order valence-electron chi connectivity index (χ1n) is 6.00. The molecule has 0 aromatic heterocycles. The summed E-state index contributed by atoms with van der Waals surface area (Å²) in [4.78, 5) is 33.2. The van der Waals surface area contributed by atoms with Crippen LogP contribution in [0.2, 0.25) is 0 Å². The number of carboxylic acids is 1. The van der Waals surface area contributed by atoms with Crippen LogP contribution in [0.4, 0.5) is 4.79 Å². The van der Waals surface area contributed by atoms with Crippen molar-refractivity contribution in [3.05, 3.63) is 0 Å². The zero-order chi connectivity index (χ0) is 16.5. The first-order valence-corrected chi connectivity index (χ1v) is 7.71. The molecule has 1 atom stereocenters. The van der Waals surface area contributed by atoms with Gasteiger partial charge in [-0.2, -0.15) is 0 Å². The number of nitrogens with one attached hydrogen (secondary N) is 2. The molecule has 0 spiro atoms. The molecule has 2 amide bonds. The van der Waals surface area contributed by atoms with E-state index in [1.807, 2.05) is 0 Å². The lowest BCUT2D eigenvalue weighted by atomic mass is 10.1. The highest BCUT2D eigenvalue weighted by Crippen LogP contribution is 1.99. The summed E-state index contributed by atoms with van der Waals surface area (Å²) in [6.45, 7) is 0.0194. The predicted octanol–water partition coefficient (Wildman–Crippen LogP) is -1.63. The minimum atomic E-state index is -3.60. The van der Waals surface area contributed by atoms with E-state index in [1.54, 1.807) is 0 Å². The van der Waals surface area contributed by atoms with Crippen molar-refractivity contribution in [3.63, 3.8) is 0 Å². The number of urea groups is 1. The highest BCUT2D eigenvalue weighted by atomic mass is 32.2. The molecule has 21 heavy (non-hydrogen) atoms. The van der Waals surface area contributed by atoms with Gasteiger partial charge in [0.05, 0.1) is 12.9 Å². The van der Waals surface area contributed by atoms with Crippen molar-refractivity contribution in [2.75, 3.05) is 19.4 Å². The molecule has 0 fully saturated rings. The first-order chi connectivity index (χ1) is 9.65. The molecule has 0 bridgehead atoms. The molecule has 0 aromatic rings. The number of nitrogens with two attached hydrogens (primary N) is 1. The Morgan fingerprint density at radius 3 is 2.43 bits per heavy atom. The molecule has 0 aliphatic rings. The van der Waals surface area contributed by atoms with Crippen molar-refractivity contribution in [1.29, 1.82) is 0 Å². The van der Waals surface area contributed by atoms with Gasteiger partial charge in [-0.25, -0.2) is 23.1 Å². The number of hydrogen-bond donors (Lipinski definition) is 4. The Kier molecular flexibility index (Phi) is 8.31. The van der Waals surface area contributed by atoms with E-state index in [1.165, 1.54) is 7.11 Å². The van der Waals surface area contributed by atoms with Crippen LogP contribution in [-0.2, 0) is 24.3 Å².